The molecule has 1 saturated carbocycles. The highest BCUT2D eigenvalue weighted by Crippen LogP contribution is 2.46. The minimum atomic E-state index is -0.0972. The third-order valence-corrected chi connectivity index (χ3v) is 4.72. The van der Waals surface area contributed by atoms with E-state index in [4.69, 9.17) is 10.5 Å². The van der Waals surface area contributed by atoms with E-state index in [2.05, 4.69) is 18.2 Å². The average Bonchev–Trinajstić information content (AvgIpc) is 3.10. The molecule has 1 aromatic carbocycles. The Bertz CT molecular complexity index is 397. The van der Waals surface area contributed by atoms with Crippen LogP contribution in [0.4, 0.5) is 0 Å². The Kier molecular flexibility index (Phi) is 3.05. The van der Waals surface area contributed by atoms with Crippen molar-refractivity contribution in [3.8, 4) is 5.75 Å². The maximum absolute atomic E-state index is 6.29. The van der Waals surface area contributed by atoms with Crippen LogP contribution in [-0.2, 0) is 5.54 Å². The Labute approximate surface area is 107 Å². The highest BCUT2D eigenvalue weighted by molar-refractivity contribution is 7.99. The highest BCUT2D eigenvalue weighted by atomic mass is 32.2. The summed E-state index contributed by atoms with van der Waals surface area (Å²) in [6.45, 7) is 0. The van der Waals surface area contributed by atoms with Crippen molar-refractivity contribution < 1.29 is 4.74 Å². The van der Waals surface area contributed by atoms with Gasteiger partial charge in [-0.3, -0.25) is 0 Å². The average molecular weight is 249 g/mol. The molecule has 0 bridgehead atoms. The van der Waals surface area contributed by atoms with Gasteiger partial charge in [-0.25, -0.2) is 0 Å². The highest BCUT2D eigenvalue weighted by Gasteiger charge is 2.42. The van der Waals surface area contributed by atoms with Gasteiger partial charge in [0.25, 0.3) is 0 Å². The molecule has 2 fully saturated rings. The lowest BCUT2D eigenvalue weighted by Gasteiger charge is -2.25. The molecule has 0 radical (unpaired) electrons. The lowest BCUT2D eigenvalue weighted by molar-refractivity contribution is 0.189. The number of rotatable bonds is 3. The molecule has 0 spiro atoms. The minimum absolute atomic E-state index is 0.0972. The second-order valence-corrected chi connectivity index (χ2v) is 6.31. The lowest BCUT2D eigenvalue weighted by atomic mass is 10.0. The van der Waals surface area contributed by atoms with Gasteiger partial charge in [0.2, 0.25) is 0 Å². The molecule has 1 saturated heterocycles. The van der Waals surface area contributed by atoms with E-state index in [1.54, 1.807) is 0 Å². The van der Waals surface area contributed by atoms with Gasteiger partial charge in [-0.2, -0.15) is 11.8 Å². The molecule has 0 amide bonds. The molecule has 2 nitrogen and oxygen atoms in total. The Morgan fingerprint density at radius 3 is 2.59 bits per heavy atom. The SMILES string of the molecule is NC1(c2ccccc2OC2CCSCC2)CC1. The van der Waals surface area contributed by atoms with Crippen LogP contribution in [0.3, 0.4) is 0 Å². The number of benzene rings is 1. The molecule has 1 aromatic rings. The molecule has 0 unspecified atom stereocenters. The van der Waals surface area contributed by atoms with Crippen molar-refractivity contribution in [1.82, 2.24) is 0 Å². The van der Waals surface area contributed by atoms with Crippen molar-refractivity contribution >= 4 is 11.8 Å². The van der Waals surface area contributed by atoms with Crippen LogP contribution in [0.1, 0.15) is 31.2 Å². The molecule has 2 N–H and O–H groups in total. The summed E-state index contributed by atoms with van der Waals surface area (Å²) in [6.07, 6.45) is 4.90. The van der Waals surface area contributed by atoms with Crippen LogP contribution in [-0.4, -0.2) is 17.6 Å². The molecule has 17 heavy (non-hydrogen) atoms. The Morgan fingerprint density at radius 1 is 1.18 bits per heavy atom. The Hall–Kier alpha value is -0.670. The van der Waals surface area contributed by atoms with Crippen LogP contribution in [0, 0.1) is 0 Å². The van der Waals surface area contributed by atoms with Gasteiger partial charge in [0, 0.05) is 11.1 Å². The number of ether oxygens (including phenoxy) is 1. The normalized spacial score (nSPS) is 23.4. The van der Waals surface area contributed by atoms with Crippen molar-refractivity contribution in [2.75, 3.05) is 11.5 Å². The van der Waals surface area contributed by atoms with Crippen LogP contribution in [0.15, 0.2) is 24.3 Å². The van der Waals surface area contributed by atoms with Crippen molar-refractivity contribution in [3.63, 3.8) is 0 Å². The van der Waals surface area contributed by atoms with Gasteiger partial charge in [-0.05, 0) is 43.3 Å². The van der Waals surface area contributed by atoms with E-state index in [1.165, 1.54) is 17.1 Å². The van der Waals surface area contributed by atoms with Crippen LogP contribution in [0.25, 0.3) is 0 Å². The molecule has 2 aliphatic rings. The third kappa shape index (κ3) is 2.45. The first-order valence-corrected chi connectivity index (χ1v) is 7.56. The fourth-order valence-corrected chi connectivity index (χ4v) is 3.42. The topological polar surface area (TPSA) is 35.2 Å². The fourth-order valence-electron chi connectivity index (χ4n) is 2.36. The van der Waals surface area contributed by atoms with Crippen LogP contribution in [0.2, 0.25) is 0 Å². The molecule has 3 heteroatoms. The smallest absolute Gasteiger partial charge is 0.124 e. The van der Waals surface area contributed by atoms with Crippen LogP contribution < -0.4 is 10.5 Å². The summed E-state index contributed by atoms with van der Waals surface area (Å²) in [5.74, 6) is 3.46. The van der Waals surface area contributed by atoms with E-state index >= 15 is 0 Å². The number of para-hydroxylation sites is 1. The molecule has 1 aliphatic carbocycles. The van der Waals surface area contributed by atoms with Gasteiger partial charge < -0.3 is 10.5 Å². The molecule has 92 valence electrons. The van der Waals surface area contributed by atoms with E-state index in [-0.39, 0.29) is 5.54 Å². The predicted molar refractivity (Wildman–Crippen MR) is 72.5 cm³/mol. The number of hydrogen-bond donors (Lipinski definition) is 1. The summed E-state index contributed by atoms with van der Waals surface area (Å²) < 4.78 is 6.16. The van der Waals surface area contributed by atoms with E-state index in [9.17, 15) is 0 Å². The second kappa shape index (κ2) is 4.54. The second-order valence-electron chi connectivity index (χ2n) is 5.08. The number of nitrogens with two attached hydrogens (primary N) is 1. The maximum atomic E-state index is 6.29. The summed E-state index contributed by atoms with van der Waals surface area (Å²) >= 11 is 2.03. The largest absolute Gasteiger partial charge is 0.490 e. The van der Waals surface area contributed by atoms with Crippen molar-refractivity contribution in [1.29, 1.82) is 0 Å². The van der Waals surface area contributed by atoms with Gasteiger partial charge in [0.05, 0.1) is 0 Å². The quantitative estimate of drug-likeness (QED) is 0.894. The number of thioether (sulfide) groups is 1. The van der Waals surface area contributed by atoms with Crippen LogP contribution in [0.5, 0.6) is 5.75 Å². The predicted octanol–water partition coefficient (Wildman–Crippen LogP) is 2.91. The van der Waals surface area contributed by atoms with E-state index in [1.807, 2.05) is 17.8 Å². The van der Waals surface area contributed by atoms with Gasteiger partial charge >= 0.3 is 0 Å². The van der Waals surface area contributed by atoms with Crippen molar-refractivity contribution in [2.45, 2.75) is 37.3 Å². The Balaban J connectivity index is 1.77. The van der Waals surface area contributed by atoms with Gasteiger partial charge in [0.15, 0.2) is 0 Å². The summed E-state index contributed by atoms with van der Waals surface area (Å²) in [4.78, 5) is 0. The van der Waals surface area contributed by atoms with E-state index in [0.717, 1.165) is 31.4 Å². The van der Waals surface area contributed by atoms with Gasteiger partial charge in [-0.15, -0.1) is 0 Å². The molecule has 0 atom stereocenters. The molecule has 0 aromatic heterocycles. The summed E-state index contributed by atoms with van der Waals surface area (Å²) in [6, 6.07) is 8.30. The molecule has 1 heterocycles. The van der Waals surface area contributed by atoms with Crippen LogP contribution >= 0.6 is 11.8 Å². The first kappa shape index (κ1) is 11.4. The molecule has 1 aliphatic heterocycles. The fraction of sp³-hybridized carbons (Fsp3) is 0.571. The first-order valence-electron chi connectivity index (χ1n) is 6.41. The first-order chi connectivity index (χ1) is 8.28. The summed E-state index contributed by atoms with van der Waals surface area (Å²) in [7, 11) is 0. The third-order valence-electron chi connectivity index (χ3n) is 3.67. The van der Waals surface area contributed by atoms with Gasteiger partial charge in [0.1, 0.15) is 11.9 Å². The summed E-state index contributed by atoms with van der Waals surface area (Å²) in [5.41, 5.74) is 7.40. The zero-order valence-electron chi connectivity index (χ0n) is 10.0. The van der Waals surface area contributed by atoms with Crippen molar-refractivity contribution in [2.24, 2.45) is 5.73 Å². The molecular weight excluding hydrogens is 230 g/mol. The zero-order chi connectivity index (χ0) is 11.7. The van der Waals surface area contributed by atoms with E-state index in [0.29, 0.717) is 6.10 Å². The van der Waals surface area contributed by atoms with Crippen molar-refractivity contribution in [3.05, 3.63) is 29.8 Å². The maximum Gasteiger partial charge on any atom is 0.124 e. The monoisotopic (exact) mass is 249 g/mol. The summed E-state index contributed by atoms with van der Waals surface area (Å²) in [5, 5.41) is 0. The minimum Gasteiger partial charge on any atom is -0.490 e. The molecule has 3 rings (SSSR count). The Morgan fingerprint density at radius 2 is 1.88 bits per heavy atom. The molecular formula is C14H19NOS. The zero-order valence-corrected chi connectivity index (χ0v) is 10.8. The standard InChI is InChI=1S/C14H19NOS/c15-14(7-8-14)12-3-1-2-4-13(12)16-11-5-9-17-10-6-11/h1-4,11H,5-10,15H2. The lowest BCUT2D eigenvalue weighted by Crippen LogP contribution is -2.25. The number of hydrogen-bond acceptors (Lipinski definition) is 3. The van der Waals surface area contributed by atoms with E-state index < -0.39 is 0 Å². The van der Waals surface area contributed by atoms with Gasteiger partial charge in [-0.1, -0.05) is 18.2 Å².